The molecule has 2 aromatic rings. The molecule has 22 heavy (non-hydrogen) atoms. The molecule has 2 rings (SSSR count). The Hall–Kier alpha value is -2.87. The maximum Gasteiger partial charge on any atom is 0.339 e. The van der Waals surface area contributed by atoms with Crippen molar-refractivity contribution in [3.63, 3.8) is 0 Å². The Balaban J connectivity index is 2.33. The minimum Gasteiger partial charge on any atom is -0.496 e. The van der Waals surface area contributed by atoms with E-state index in [-0.39, 0.29) is 27.7 Å². The highest BCUT2D eigenvalue weighted by Crippen LogP contribution is 2.31. The van der Waals surface area contributed by atoms with Gasteiger partial charge >= 0.3 is 5.97 Å². The standard InChI is InChI=1S/C13H10ClN3O5/c1-22-10-5-9(7(14)4-6(10)13(20)21)15-12(19)8-2-3-11(18)17-16-8/h2-5H,1H3,(H,15,19)(H,17,18)(H,20,21). The molecular formula is C13H10ClN3O5. The topological polar surface area (TPSA) is 121 Å². The Bertz CT molecular complexity index is 782. The molecule has 0 spiro atoms. The second-order valence-corrected chi connectivity index (χ2v) is 4.51. The minimum absolute atomic E-state index is 0.0241. The molecule has 0 fully saturated rings. The molecule has 0 atom stereocenters. The summed E-state index contributed by atoms with van der Waals surface area (Å²) in [5.74, 6) is -1.79. The number of aromatic amines is 1. The number of ether oxygens (including phenoxy) is 1. The molecule has 1 aromatic heterocycles. The van der Waals surface area contributed by atoms with E-state index >= 15 is 0 Å². The van der Waals surface area contributed by atoms with Gasteiger partial charge in [-0.1, -0.05) is 11.6 Å². The zero-order valence-electron chi connectivity index (χ0n) is 11.2. The molecule has 0 saturated carbocycles. The molecule has 0 unspecified atom stereocenters. The summed E-state index contributed by atoms with van der Waals surface area (Å²) in [5.41, 5.74) is -0.451. The van der Waals surface area contributed by atoms with Gasteiger partial charge in [-0.2, -0.15) is 5.10 Å². The van der Waals surface area contributed by atoms with E-state index in [4.69, 9.17) is 21.4 Å². The average molecular weight is 324 g/mol. The van der Waals surface area contributed by atoms with Crippen molar-refractivity contribution < 1.29 is 19.4 Å². The van der Waals surface area contributed by atoms with Crippen LogP contribution in [-0.2, 0) is 0 Å². The van der Waals surface area contributed by atoms with E-state index in [0.29, 0.717) is 0 Å². The summed E-state index contributed by atoms with van der Waals surface area (Å²) in [6.07, 6.45) is 0. The fraction of sp³-hybridized carbons (Fsp3) is 0.0769. The number of hydrogen-bond donors (Lipinski definition) is 3. The number of H-pyrrole nitrogens is 1. The quantitative estimate of drug-likeness (QED) is 0.781. The highest BCUT2D eigenvalue weighted by atomic mass is 35.5. The summed E-state index contributed by atoms with van der Waals surface area (Å²) >= 11 is 5.95. The summed E-state index contributed by atoms with van der Waals surface area (Å²) in [6, 6.07) is 4.84. The van der Waals surface area contributed by atoms with Gasteiger partial charge in [0.2, 0.25) is 0 Å². The lowest BCUT2D eigenvalue weighted by Crippen LogP contribution is -2.18. The SMILES string of the molecule is COc1cc(NC(=O)c2ccc(=O)[nH]n2)c(Cl)cc1C(=O)O. The molecule has 0 aliphatic heterocycles. The van der Waals surface area contributed by atoms with Crippen molar-refractivity contribution in [2.75, 3.05) is 12.4 Å². The Morgan fingerprint density at radius 2 is 2.09 bits per heavy atom. The molecule has 0 aliphatic rings. The number of anilines is 1. The van der Waals surface area contributed by atoms with E-state index in [1.54, 1.807) is 0 Å². The predicted octanol–water partition coefficient (Wildman–Crippen LogP) is 1.38. The van der Waals surface area contributed by atoms with E-state index in [1.165, 1.54) is 25.3 Å². The summed E-state index contributed by atoms with van der Waals surface area (Å²) < 4.78 is 4.95. The van der Waals surface area contributed by atoms with Gasteiger partial charge in [-0.15, -0.1) is 0 Å². The van der Waals surface area contributed by atoms with Crippen LogP contribution in [0.5, 0.6) is 5.75 Å². The van der Waals surface area contributed by atoms with Crippen LogP contribution in [0.1, 0.15) is 20.8 Å². The van der Waals surface area contributed by atoms with Crippen LogP contribution < -0.4 is 15.6 Å². The first-order valence-electron chi connectivity index (χ1n) is 5.90. The lowest BCUT2D eigenvalue weighted by molar-refractivity contribution is 0.0693. The monoisotopic (exact) mass is 323 g/mol. The van der Waals surface area contributed by atoms with Crippen LogP contribution in [0.4, 0.5) is 5.69 Å². The first-order valence-corrected chi connectivity index (χ1v) is 6.28. The van der Waals surface area contributed by atoms with E-state index in [2.05, 4.69) is 15.5 Å². The molecular weight excluding hydrogens is 314 g/mol. The highest BCUT2D eigenvalue weighted by Gasteiger charge is 2.17. The number of halogens is 1. The Morgan fingerprint density at radius 1 is 1.36 bits per heavy atom. The van der Waals surface area contributed by atoms with E-state index in [1.807, 2.05) is 0 Å². The third-order valence-corrected chi connectivity index (χ3v) is 2.99. The summed E-state index contributed by atoms with van der Waals surface area (Å²) in [7, 11) is 1.30. The number of benzene rings is 1. The van der Waals surface area contributed by atoms with Gasteiger partial charge in [0.25, 0.3) is 11.5 Å². The van der Waals surface area contributed by atoms with Gasteiger partial charge in [0, 0.05) is 12.1 Å². The number of nitrogens with one attached hydrogen (secondary N) is 2. The lowest BCUT2D eigenvalue weighted by atomic mass is 10.1. The van der Waals surface area contributed by atoms with Crippen molar-refractivity contribution >= 4 is 29.2 Å². The normalized spacial score (nSPS) is 10.1. The smallest absolute Gasteiger partial charge is 0.339 e. The van der Waals surface area contributed by atoms with Crippen molar-refractivity contribution in [1.29, 1.82) is 0 Å². The molecule has 9 heteroatoms. The maximum atomic E-state index is 12.0. The molecule has 0 radical (unpaired) electrons. The van der Waals surface area contributed by atoms with Crippen LogP contribution in [0.3, 0.4) is 0 Å². The number of aromatic carboxylic acids is 1. The molecule has 1 heterocycles. The molecule has 0 saturated heterocycles. The van der Waals surface area contributed by atoms with Gasteiger partial charge in [-0.25, -0.2) is 9.89 Å². The van der Waals surface area contributed by atoms with E-state index < -0.39 is 17.4 Å². The number of aromatic nitrogens is 2. The second kappa shape index (κ2) is 6.27. The van der Waals surface area contributed by atoms with Crippen LogP contribution >= 0.6 is 11.6 Å². The second-order valence-electron chi connectivity index (χ2n) is 4.10. The summed E-state index contributed by atoms with van der Waals surface area (Å²) in [5, 5.41) is 17.2. The molecule has 8 nitrogen and oxygen atoms in total. The van der Waals surface area contributed by atoms with Gasteiger partial charge in [0.05, 0.1) is 17.8 Å². The molecule has 1 amide bonds. The van der Waals surface area contributed by atoms with E-state index in [9.17, 15) is 14.4 Å². The number of carboxylic acids is 1. The van der Waals surface area contributed by atoms with Crippen molar-refractivity contribution in [2.24, 2.45) is 0 Å². The van der Waals surface area contributed by atoms with Crippen LogP contribution in [0.15, 0.2) is 29.1 Å². The first kappa shape index (κ1) is 15.5. The fourth-order valence-electron chi connectivity index (χ4n) is 1.64. The van der Waals surface area contributed by atoms with Crippen LogP contribution in [0.25, 0.3) is 0 Å². The number of nitrogens with zero attached hydrogens (tertiary/aromatic N) is 1. The fourth-order valence-corrected chi connectivity index (χ4v) is 1.85. The maximum absolute atomic E-state index is 12.0. The Labute approximate surface area is 128 Å². The number of carbonyl (C=O) groups is 2. The van der Waals surface area contributed by atoms with E-state index in [0.717, 1.165) is 6.07 Å². The van der Waals surface area contributed by atoms with Crippen LogP contribution in [0, 0.1) is 0 Å². The number of hydrogen-bond acceptors (Lipinski definition) is 5. The Morgan fingerprint density at radius 3 is 2.64 bits per heavy atom. The zero-order valence-corrected chi connectivity index (χ0v) is 12.0. The molecule has 1 aromatic carbocycles. The Kier molecular flexibility index (Phi) is 4.42. The van der Waals surface area contributed by atoms with Gasteiger partial charge in [0.15, 0.2) is 0 Å². The number of amides is 1. The van der Waals surface area contributed by atoms with Gasteiger partial charge in [0.1, 0.15) is 17.0 Å². The summed E-state index contributed by atoms with van der Waals surface area (Å²) in [4.78, 5) is 33.9. The van der Waals surface area contributed by atoms with Crippen molar-refractivity contribution in [3.8, 4) is 5.75 Å². The van der Waals surface area contributed by atoms with Crippen molar-refractivity contribution in [2.45, 2.75) is 0 Å². The predicted molar refractivity (Wildman–Crippen MR) is 77.8 cm³/mol. The largest absolute Gasteiger partial charge is 0.496 e. The molecule has 114 valence electrons. The first-order chi connectivity index (χ1) is 10.4. The third-order valence-electron chi connectivity index (χ3n) is 2.68. The van der Waals surface area contributed by atoms with Gasteiger partial charge < -0.3 is 15.2 Å². The zero-order chi connectivity index (χ0) is 16.3. The highest BCUT2D eigenvalue weighted by molar-refractivity contribution is 6.34. The molecule has 0 bridgehead atoms. The number of rotatable bonds is 4. The van der Waals surface area contributed by atoms with Crippen LogP contribution in [-0.4, -0.2) is 34.3 Å². The average Bonchev–Trinajstić information content (AvgIpc) is 2.49. The third kappa shape index (κ3) is 3.23. The number of carbonyl (C=O) groups excluding carboxylic acids is 1. The summed E-state index contributed by atoms with van der Waals surface area (Å²) in [6.45, 7) is 0. The lowest BCUT2D eigenvalue weighted by Gasteiger charge is -2.11. The van der Waals surface area contributed by atoms with Crippen molar-refractivity contribution in [3.05, 3.63) is 50.9 Å². The molecule has 0 aliphatic carbocycles. The minimum atomic E-state index is -1.21. The molecule has 3 N–H and O–H groups in total. The van der Waals surface area contributed by atoms with Crippen molar-refractivity contribution in [1.82, 2.24) is 10.2 Å². The van der Waals surface area contributed by atoms with Gasteiger partial charge in [-0.05, 0) is 12.1 Å². The number of carboxylic acid groups (broad SMARTS) is 1. The number of methoxy groups -OCH3 is 1. The van der Waals surface area contributed by atoms with Crippen LogP contribution in [0.2, 0.25) is 5.02 Å². The van der Waals surface area contributed by atoms with Gasteiger partial charge in [-0.3, -0.25) is 9.59 Å².